The van der Waals surface area contributed by atoms with Crippen molar-refractivity contribution in [2.24, 2.45) is 0 Å². The number of ether oxygens (including phenoxy) is 3. The molecule has 63 heavy (non-hydrogen) atoms. The molecule has 0 aromatic rings. The molecule has 6 heteroatoms. The normalized spacial score (nSPS) is 12.2. The second-order valence-electron chi connectivity index (χ2n) is 18.5. The number of rotatable bonds is 50. The summed E-state index contributed by atoms with van der Waals surface area (Å²) in [7, 11) is 0. The van der Waals surface area contributed by atoms with Crippen LogP contribution in [-0.2, 0) is 28.6 Å². The lowest BCUT2D eigenvalue weighted by Crippen LogP contribution is -2.30. The molecule has 368 valence electrons. The number of unbranched alkanes of at least 4 members (excludes halogenated alkanes) is 33. The number of allylic oxidation sites excluding steroid dienone is 6. The first-order valence-electron chi connectivity index (χ1n) is 27.5. The first-order chi connectivity index (χ1) is 31.0. The smallest absolute Gasteiger partial charge is 0.306 e. The maximum absolute atomic E-state index is 12.8. The van der Waals surface area contributed by atoms with Crippen molar-refractivity contribution in [1.82, 2.24) is 0 Å². The molecule has 0 spiro atoms. The molecule has 0 rings (SSSR count). The van der Waals surface area contributed by atoms with Crippen LogP contribution in [0.4, 0.5) is 0 Å². The van der Waals surface area contributed by atoms with Gasteiger partial charge in [-0.3, -0.25) is 14.4 Å². The molecule has 0 fully saturated rings. The standard InChI is InChI=1S/C57H104O6/c1-4-7-10-13-16-19-22-25-27-28-30-32-35-38-41-44-47-50-56(59)62-53-54(52-61-55(58)49-46-43-40-37-34-31-24-21-18-15-12-9-6-3)63-57(60)51-48-45-42-39-36-33-29-26-23-20-17-14-11-8-5-2/h17,20,25-27,29,54H,4-16,18-19,21-24,28,30-53H2,1-3H3. The van der Waals surface area contributed by atoms with Crippen LogP contribution < -0.4 is 0 Å². The Bertz CT molecular complexity index is 1060. The van der Waals surface area contributed by atoms with E-state index in [1.165, 1.54) is 167 Å². The Morgan fingerprint density at radius 2 is 0.571 bits per heavy atom. The Kier molecular flexibility index (Phi) is 50.3. The molecule has 0 amide bonds. The summed E-state index contributed by atoms with van der Waals surface area (Å²) in [5.41, 5.74) is 0. The number of carbonyl (C=O) groups is 3. The minimum atomic E-state index is -0.777. The lowest BCUT2D eigenvalue weighted by Gasteiger charge is -2.18. The molecule has 0 aliphatic carbocycles. The molecule has 0 radical (unpaired) electrons. The van der Waals surface area contributed by atoms with Crippen LogP contribution in [0.5, 0.6) is 0 Å². The molecule has 1 unspecified atom stereocenters. The van der Waals surface area contributed by atoms with E-state index >= 15 is 0 Å². The highest BCUT2D eigenvalue weighted by Crippen LogP contribution is 2.16. The van der Waals surface area contributed by atoms with Crippen LogP contribution in [0.15, 0.2) is 36.5 Å². The summed E-state index contributed by atoms with van der Waals surface area (Å²) in [6, 6.07) is 0. The van der Waals surface area contributed by atoms with Gasteiger partial charge in [0.2, 0.25) is 0 Å². The van der Waals surface area contributed by atoms with Crippen molar-refractivity contribution in [3.8, 4) is 0 Å². The zero-order valence-electron chi connectivity index (χ0n) is 42.1. The highest BCUT2D eigenvalue weighted by Gasteiger charge is 2.19. The van der Waals surface area contributed by atoms with Crippen molar-refractivity contribution in [3.63, 3.8) is 0 Å². The summed E-state index contributed by atoms with van der Waals surface area (Å²) < 4.78 is 16.8. The zero-order chi connectivity index (χ0) is 45.8. The van der Waals surface area contributed by atoms with Crippen molar-refractivity contribution in [2.45, 2.75) is 297 Å². The molecule has 6 nitrogen and oxygen atoms in total. The second-order valence-corrected chi connectivity index (χ2v) is 18.5. The van der Waals surface area contributed by atoms with E-state index in [1.807, 2.05) is 0 Å². The van der Waals surface area contributed by atoms with Gasteiger partial charge in [-0.25, -0.2) is 0 Å². The maximum Gasteiger partial charge on any atom is 0.306 e. The molecular formula is C57H104O6. The fraction of sp³-hybridized carbons (Fsp3) is 0.842. The molecule has 0 aliphatic heterocycles. The number of esters is 3. The molecular weight excluding hydrogens is 781 g/mol. The molecule has 0 saturated heterocycles. The Hall–Kier alpha value is -2.37. The molecule has 0 aliphatic rings. The molecule has 0 aromatic carbocycles. The van der Waals surface area contributed by atoms with Crippen molar-refractivity contribution < 1.29 is 28.6 Å². The van der Waals surface area contributed by atoms with E-state index in [4.69, 9.17) is 14.2 Å². The average Bonchev–Trinajstić information content (AvgIpc) is 3.28. The summed E-state index contributed by atoms with van der Waals surface area (Å²) in [4.78, 5) is 38.0. The van der Waals surface area contributed by atoms with Gasteiger partial charge in [-0.2, -0.15) is 0 Å². The van der Waals surface area contributed by atoms with Crippen LogP contribution in [0, 0.1) is 0 Å². The van der Waals surface area contributed by atoms with Crippen LogP contribution in [0.2, 0.25) is 0 Å². The summed E-state index contributed by atoms with van der Waals surface area (Å²) in [5, 5.41) is 0. The minimum absolute atomic E-state index is 0.0760. The molecule has 0 heterocycles. The third-order valence-corrected chi connectivity index (χ3v) is 12.1. The lowest BCUT2D eigenvalue weighted by molar-refractivity contribution is -0.167. The quantitative estimate of drug-likeness (QED) is 0.0262. The van der Waals surface area contributed by atoms with Crippen LogP contribution >= 0.6 is 0 Å². The van der Waals surface area contributed by atoms with Crippen molar-refractivity contribution in [2.75, 3.05) is 13.2 Å². The van der Waals surface area contributed by atoms with E-state index in [9.17, 15) is 14.4 Å². The molecule has 1 atom stereocenters. The third-order valence-electron chi connectivity index (χ3n) is 12.1. The minimum Gasteiger partial charge on any atom is -0.462 e. The Morgan fingerprint density at radius 3 is 0.921 bits per heavy atom. The van der Waals surface area contributed by atoms with E-state index in [0.29, 0.717) is 19.3 Å². The fourth-order valence-corrected chi connectivity index (χ4v) is 7.94. The highest BCUT2D eigenvalue weighted by molar-refractivity contribution is 5.71. The predicted octanol–water partition coefficient (Wildman–Crippen LogP) is 18.1. The van der Waals surface area contributed by atoms with Crippen molar-refractivity contribution >= 4 is 17.9 Å². The third kappa shape index (κ3) is 50.5. The maximum atomic E-state index is 12.8. The summed E-state index contributed by atoms with van der Waals surface area (Å²) in [6.07, 6.45) is 61.2. The van der Waals surface area contributed by atoms with Gasteiger partial charge in [0.1, 0.15) is 13.2 Å². The van der Waals surface area contributed by atoms with Crippen LogP contribution in [0.25, 0.3) is 0 Å². The van der Waals surface area contributed by atoms with Crippen LogP contribution in [0.3, 0.4) is 0 Å². The Labute approximate surface area is 391 Å². The van der Waals surface area contributed by atoms with Gasteiger partial charge in [-0.1, -0.05) is 231 Å². The predicted molar refractivity (Wildman–Crippen MR) is 270 cm³/mol. The first-order valence-corrected chi connectivity index (χ1v) is 27.5. The van der Waals surface area contributed by atoms with Crippen molar-refractivity contribution in [3.05, 3.63) is 36.5 Å². The molecule has 0 bridgehead atoms. The Morgan fingerprint density at radius 1 is 0.317 bits per heavy atom. The van der Waals surface area contributed by atoms with E-state index in [-0.39, 0.29) is 31.1 Å². The van der Waals surface area contributed by atoms with Crippen LogP contribution in [0.1, 0.15) is 290 Å². The number of carbonyl (C=O) groups excluding carboxylic acids is 3. The van der Waals surface area contributed by atoms with Gasteiger partial charge >= 0.3 is 17.9 Å². The van der Waals surface area contributed by atoms with Gasteiger partial charge in [-0.05, 0) is 77.0 Å². The van der Waals surface area contributed by atoms with Gasteiger partial charge in [0, 0.05) is 19.3 Å². The fourth-order valence-electron chi connectivity index (χ4n) is 7.94. The van der Waals surface area contributed by atoms with Crippen LogP contribution in [-0.4, -0.2) is 37.2 Å². The lowest BCUT2D eigenvalue weighted by atomic mass is 10.0. The number of hydrogen-bond acceptors (Lipinski definition) is 6. The van der Waals surface area contributed by atoms with Crippen molar-refractivity contribution in [1.29, 1.82) is 0 Å². The summed E-state index contributed by atoms with van der Waals surface area (Å²) in [5.74, 6) is -0.881. The Balaban J connectivity index is 4.37. The first kappa shape index (κ1) is 60.6. The largest absolute Gasteiger partial charge is 0.462 e. The van der Waals surface area contributed by atoms with E-state index in [0.717, 1.165) is 83.5 Å². The molecule has 0 saturated carbocycles. The second kappa shape index (κ2) is 52.3. The highest BCUT2D eigenvalue weighted by atomic mass is 16.6. The van der Waals surface area contributed by atoms with E-state index < -0.39 is 6.10 Å². The van der Waals surface area contributed by atoms with Gasteiger partial charge < -0.3 is 14.2 Å². The van der Waals surface area contributed by atoms with E-state index in [1.54, 1.807) is 0 Å². The molecule has 0 N–H and O–H groups in total. The summed E-state index contributed by atoms with van der Waals surface area (Å²) >= 11 is 0. The van der Waals surface area contributed by atoms with Gasteiger partial charge in [-0.15, -0.1) is 0 Å². The average molecular weight is 885 g/mol. The SMILES string of the molecule is CCCCCC=CCC=CCCCCCCCC(=O)OC(COC(=O)CCCCCCCCCC=CCCCCCCCC)COC(=O)CCCCCCCCCCCCCCC. The molecule has 0 aromatic heterocycles. The van der Waals surface area contributed by atoms with Gasteiger partial charge in [0.15, 0.2) is 6.10 Å². The summed E-state index contributed by atoms with van der Waals surface area (Å²) in [6.45, 7) is 6.62. The topological polar surface area (TPSA) is 78.9 Å². The monoisotopic (exact) mass is 885 g/mol. The number of hydrogen-bond donors (Lipinski definition) is 0. The van der Waals surface area contributed by atoms with E-state index in [2.05, 4.69) is 57.2 Å². The zero-order valence-corrected chi connectivity index (χ0v) is 42.1. The van der Waals surface area contributed by atoms with Gasteiger partial charge in [0.25, 0.3) is 0 Å². The van der Waals surface area contributed by atoms with Gasteiger partial charge in [0.05, 0.1) is 0 Å².